The lowest BCUT2D eigenvalue weighted by Crippen LogP contribution is -2.51. The molecule has 0 amide bonds. The zero-order valence-corrected chi connectivity index (χ0v) is 11.0. The monoisotopic (exact) mass is 267 g/mol. The molecule has 1 heterocycles. The predicted octanol–water partition coefficient (Wildman–Crippen LogP) is 2.24. The van der Waals surface area contributed by atoms with Crippen LogP contribution in [0.3, 0.4) is 0 Å². The van der Waals surface area contributed by atoms with Gasteiger partial charge in [-0.2, -0.15) is 0 Å². The lowest BCUT2D eigenvalue weighted by atomic mass is 9.85. The molecule has 0 aromatic heterocycles. The van der Waals surface area contributed by atoms with Gasteiger partial charge in [0.05, 0.1) is 5.92 Å². The van der Waals surface area contributed by atoms with Crippen molar-refractivity contribution in [1.82, 2.24) is 4.90 Å². The van der Waals surface area contributed by atoms with Crippen molar-refractivity contribution >= 4 is 5.97 Å². The molecule has 0 aliphatic carbocycles. The molecule has 1 aromatic rings. The van der Waals surface area contributed by atoms with E-state index in [1.54, 1.807) is 6.92 Å². The molecule has 1 aromatic carbocycles. The standard InChI is InChI=1S/C14H18FNO3/c1-8(14(18)19)10-6-16(7-10)9(2)12-5-11(15)3-4-13(12)17/h3-5,8-10,17H,6-7H2,1-2H3,(H,18,19). The van der Waals surface area contributed by atoms with E-state index in [0.717, 1.165) is 0 Å². The number of carboxylic acids is 1. The molecule has 1 aliphatic rings. The molecule has 0 radical (unpaired) electrons. The van der Waals surface area contributed by atoms with Gasteiger partial charge >= 0.3 is 5.97 Å². The summed E-state index contributed by atoms with van der Waals surface area (Å²) in [6, 6.07) is 3.77. The molecule has 4 nitrogen and oxygen atoms in total. The Morgan fingerprint density at radius 3 is 2.63 bits per heavy atom. The van der Waals surface area contributed by atoms with E-state index in [0.29, 0.717) is 18.7 Å². The molecule has 2 N–H and O–H groups in total. The van der Waals surface area contributed by atoms with Crippen molar-refractivity contribution in [2.24, 2.45) is 11.8 Å². The minimum atomic E-state index is -0.786. The number of carbonyl (C=O) groups is 1. The summed E-state index contributed by atoms with van der Waals surface area (Å²) in [4.78, 5) is 12.9. The average Bonchev–Trinajstić information content (AvgIpc) is 2.29. The summed E-state index contributed by atoms with van der Waals surface area (Å²) in [5.41, 5.74) is 0.543. The molecule has 0 saturated carbocycles. The fourth-order valence-electron chi connectivity index (χ4n) is 2.44. The average molecular weight is 267 g/mol. The van der Waals surface area contributed by atoms with Gasteiger partial charge in [-0.3, -0.25) is 9.69 Å². The first-order chi connectivity index (χ1) is 8.90. The normalized spacial score (nSPS) is 19.7. The lowest BCUT2D eigenvalue weighted by Gasteiger charge is -2.45. The van der Waals surface area contributed by atoms with E-state index < -0.39 is 5.97 Å². The Morgan fingerprint density at radius 2 is 2.05 bits per heavy atom. The Hall–Kier alpha value is -1.62. The molecule has 1 fully saturated rings. The van der Waals surface area contributed by atoms with Crippen LogP contribution in [-0.2, 0) is 4.79 Å². The molecular weight excluding hydrogens is 249 g/mol. The van der Waals surface area contributed by atoms with Gasteiger partial charge in [-0.1, -0.05) is 6.92 Å². The maximum absolute atomic E-state index is 13.2. The number of nitrogens with zero attached hydrogens (tertiary/aromatic N) is 1. The molecule has 2 atom stereocenters. The van der Waals surface area contributed by atoms with Gasteiger partial charge in [-0.15, -0.1) is 0 Å². The molecular formula is C14H18FNO3. The van der Waals surface area contributed by atoms with E-state index in [-0.39, 0.29) is 29.4 Å². The maximum Gasteiger partial charge on any atom is 0.306 e. The molecule has 1 aliphatic heterocycles. The number of hydrogen-bond acceptors (Lipinski definition) is 3. The van der Waals surface area contributed by atoms with E-state index in [2.05, 4.69) is 0 Å². The van der Waals surface area contributed by atoms with Gasteiger partial charge in [0.1, 0.15) is 11.6 Å². The summed E-state index contributed by atoms with van der Waals surface area (Å²) in [6.45, 7) is 4.90. The first-order valence-electron chi connectivity index (χ1n) is 6.35. The van der Waals surface area contributed by atoms with Gasteiger partial charge in [0.15, 0.2) is 0 Å². The smallest absolute Gasteiger partial charge is 0.306 e. The van der Waals surface area contributed by atoms with E-state index in [9.17, 15) is 14.3 Å². The highest BCUT2D eigenvalue weighted by Gasteiger charge is 2.37. The summed E-state index contributed by atoms with van der Waals surface area (Å²) in [6.07, 6.45) is 0. The molecule has 104 valence electrons. The summed E-state index contributed by atoms with van der Waals surface area (Å²) < 4.78 is 13.2. The van der Waals surface area contributed by atoms with Gasteiger partial charge in [-0.05, 0) is 31.0 Å². The quantitative estimate of drug-likeness (QED) is 0.878. The van der Waals surface area contributed by atoms with E-state index in [1.165, 1.54) is 18.2 Å². The number of likely N-dealkylation sites (tertiary alicyclic amines) is 1. The highest BCUT2D eigenvalue weighted by Crippen LogP contribution is 2.35. The number of hydrogen-bond donors (Lipinski definition) is 2. The molecule has 19 heavy (non-hydrogen) atoms. The van der Waals surface area contributed by atoms with Crippen molar-refractivity contribution in [3.63, 3.8) is 0 Å². The minimum absolute atomic E-state index is 0.0728. The Labute approximate surface area is 111 Å². The largest absolute Gasteiger partial charge is 0.508 e. The summed E-state index contributed by atoms with van der Waals surface area (Å²) in [5.74, 6) is -1.34. The van der Waals surface area contributed by atoms with Crippen LogP contribution in [0, 0.1) is 17.7 Å². The number of carboxylic acid groups (broad SMARTS) is 1. The Morgan fingerprint density at radius 1 is 1.42 bits per heavy atom. The van der Waals surface area contributed by atoms with Gasteiger partial charge in [-0.25, -0.2) is 4.39 Å². The molecule has 0 bridgehead atoms. The second-order valence-electron chi connectivity index (χ2n) is 5.22. The molecule has 5 heteroatoms. The first-order valence-corrected chi connectivity index (χ1v) is 6.35. The zero-order chi connectivity index (χ0) is 14.2. The third kappa shape index (κ3) is 2.71. The van der Waals surface area contributed by atoms with Crippen molar-refractivity contribution < 1.29 is 19.4 Å². The zero-order valence-electron chi connectivity index (χ0n) is 11.0. The SMILES string of the molecule is CC(C(=O)O)C1CN(C(C)c2cc(F)ccc2O)C1. The molecule has 2 unspecified atom stereocenters. The van der Waals surface area contributed by atoms with Crippen LogP contribution < -0.4 is 0 Å². The van der Waals surface area contributed by atoms with E-state index in [1.807, 2.05) is 11.8 Å². The fourth-order valence-corrected chi connectivity index (χ4v) is 2.44. The summed E-state index contributed by atoms with van der Waals surface area (Å²) >= 11 is 0. The third-order valence-electron chi connectivity index (χ3n) is 4.02. The Bertz CT molecular complexity index is 486. The minimum Gasteiger partial charge on any atom is -0.508 e. The number of phenols is 1. The van der Waals surface area contributed by atoms with Crippen LogP contribution in [0.25, 0.3) is 0 Å². The fraction of sp³-hybridized carbons (Fsp3) is 0.500. The molecule has 2 rings (SSSR count). The summed E-state index contributed by atoms with van der Waals surface area (Å²) in [7, 11) is 0. The van der Waals surface area contributed by atoms with Crippen LogP contribution >= 0.6 is 0 Å². The van der Waals surface area contributed by atoms with Crippen molar-refractivity contribution in [2.75, 3.05) is 13.1 Å². The van der Waals surface area contributed by atoms with Gasteiger partial charge in [0.2, 0.25) is 0 Å². The van der Waals surface area contributed by atoms with Crippen molar-refractivity contribution in [3.05, 3.63) is 29.6 Å². The second-order valence-corrected chi connectivity index (χ2v) is 5.22. The Balaban J connectivity index is 2.01. The van der Waals surface area contributed by atoms with E-state index in [4.69, 9.17) is 5.11 Å². The Kier molecular flexibility index (Phi) is 3.75. The lowest BCUT2D eigenvalue weighted by molar-refractivity contribution is -0.146. The molecule has 1 saturated heterocycles. The van der Waals surface area contributed by atoms with Crippen LogP contribution in [0.4, 0.5) is 4.39 Å². The maximum atomic E-state index is 13.2. The van der Waals surface area contributed by atoms with Crippen LogP contribution in [0.1, 0.15) is 25.5 Å². The van der Waals surface area contributed by atoms with Crippen molar-refractivity contribution in [3.8, 4) is 5.75 Å². The third-order valence-corrected chi connectivity index (χ3v) is 4.02. The molecule has 0 spiro atoms. The van der Waals surface area contributed by atoms with Crippen molar-refractivity contribution in [2.45, 2.75) is 19.9 Å². The van der Waals surface area contributed by atoms with Crippen LogP contribution in [-0.4, -0.2) is 34.2 Å². The number of rotatable bonds is 4. The first kappa shape index (κ1) is 13.8. The van der Waals surface area contributed by atoms with Gasteiger partial charge in [0.25, 0.3) is 0 Å². The van der Waals surface area contributed by atoms with Crippen LogP contribution in [0.2, 0.25) is 0 Å². The second kappa shape index (κ2) is 5.17. The van der Waals surface area contributed by atoms with Crippen LogP contribution in [0.15, 0.2) is 18.2 Å². The predicted molar refractivity (Wildman–Crippen MR) is 68.3 cm³/mol. The summed E-state index contributed by atoms with van der Waals surface area (Å²) in [5, 5.41) is 18.7. The highest BCUT2D eigenvalue weighted by atomic mass is 19.1. The van der Waals surface area contributed by atoms with Crippen LogP contribution in [0.5, 0.6) is 5.75 Å². The number of aromatic hydroxyl groups is 1. The highest BCUT2D eigenvalue weighted by molar-refractivity contribution is 5.70. The van der Waals surface area contributed by atoms with Gasteiger partial charge in [0, 0.05) is 24.7 Å². The van der Waals surface area contributed by atoms with E-state index >= 15 is 0 Å². The van der Waals surface area contributed by atoms with Gasteiger partial charge < -0.3 is 10.2 Å². The number of halogens is 1. The number of phenolic OH excluding ortho intramolecular Hbond substituents is 1. The number of aliphatic carboxylic acids is 1. The topological polar surface area (TPSA) is 60.8 Å². The van der Waals surface area contributed by atoms with Crippen molar-refractivity contribution in [1.29, 1.82) is 0 Å². The number of benzene rings is 1.